The highest BCUT2D eigenvalue weighted by molar-refractivity contribution is 9.10. The molecule has 1 aromatic rings. The molecule has 1 fully saturated rings. The van der Waals surface area contributed by atoms with Crippen molar-refractivity contribution in [3.05, 3.63) is 21.8 Å². The molecule has 0 spiro atoms. The highest BCUT2D eigenvalue weighted by Crippen LogP contribution is 2.27. The van der Waals surface area contributed by atoms with Crippen molar-refractivity contribution < 1.29 is 0 Å². The van der Waals surface area contributed by atoms with Gasteiger partial charge in [0, 0.05) is 38.3 Å². The molecule has 1 aromatic heterocycles. The molecule has 1 aliphatic heterocycles. The number of alkyl halides is 1. The third-order valence-electron chi connectivity index (χ3n) is 3.08. The van der Waals surface area contributed by atoms with Gasteiger partial charge in [0.05, 0.1) is 9.50 Å². The first-order valence-corrected chi connectivity index (χ1v) is 7.75. The van der Waals surface area contributed by atoms with Crippen LogP contribution in [-0.2, 0) is 0 Å². The van der Waals surface area contributed by atoms with E-state index in [0.717, 1.165) is 49.4 Å². The molecule has 0 aromatic carbocycles. The summed E-state index contributed by atoms with van der Waals surface area (Å²) < 4.78 is 0.959. The van der Waals surface area contributed by atoms with Gasteiger partial charge in [0.25, 0.3) is 0 Å². The largest absolute Gasteiger partial charge is 0.354 e. The summed E-state index contributed by atoms with van der Waals surface area (Å²) in [7, 11) is 0. The van der Waals surface area contributed by atoms with Crippen molar-refractivity contribution in [2.45, 2.75) is 6.42 Å². The summed E-state index contributed by atoms with van der Waals surface area (Å²) in [6, 6.07) is 1.89. The lowest BCUT2D eigenvalue weighted by molar-refractivity contribution is 0.311. The molecule has 3 nitrogen and oxygen atoms in total. The lowest BCUT2D eigenvalue weighted by Gasteiger charge is -2.23. The van der Waals surface area contributed by atoms with E-state index in [-0.39, 0.29) is 0 Å². The number of rotatable bonds is 3. The summed E-state index contributed by atoms with van der Waals surface area (Å²) >= 11 is 15.2. The van der Waals surface area contributed by atoms with Crippen LogP contribution in [0.4, 0.5) is 5.82 Å². The van der Waals surface area contributed by atoms with Gasteiger partial charge in [-0.05, 0) is 35.0 Å². The normalized spacial score (nSPS) is 17.8. The quantitative estimate of drug-likeness (QED) is 0.778. The maximum Gasteiger partial charge on any atom is 0.143 e. The maximum atomic E-state index is 5.92. The zero-order valence-electron chi connectivity index (χ0n) is 10.1. The molecule has 0 radical (unpaired) electrons. The Morgan fingerprint density at radius 1 is 1.28 bits per heavy atom. The highest BCUT2D eigenvalue weighted by Gasteiger charge is 2.17. The molecular weight excluding hydrogens is 337 g/mol. The fourth-order valence-corrected chi connectivity index (χ4v) is 3.29. The van der Waals surface area contributed by atoms with Crippen molar-refractivity contribution in [3.63, 3.8) is 0 Å². The van der Waals surface area contributed by atoms with E-state index in [0.29, 0.717) is 10.9 Å². The van der Waals surface area contributed by atoms with Gasteiger partial charge in [-0.1, -0.05) is 11.6 Å². The van der Waals surface area contributed by atoms with Crippen LogP contribution in [0.25, 0.3) is 0 Å². The van der Waals surface area contributed by atoms with Crippen LogP contribution < -0.4 is 4.90 Å². The van der Waals surface area contributed by atoms with Crippen molar-refractivity contribution in [2.24, 2.45) is 0 Å². The van der Waals surface area contributed by atoms with Crippen LogP contribution in [-0.4, -0.2) is 48.5 Å². The predicted molar refractivity (Wildman–Crippen MR) is 80.9 cm³/mol. The number of hydrogen-bond acceptors (Lipinski definition) is 3. The molecule has 2 rings (SSSR count). The minimum Gasteiger partial charge on any atom is -0.354 e. The Bertz CT molecular complexity index is 403. The summed E-state index contributed by atoms with van der Waals surface area (Å²) in [5.74, 6) is 1.68. The number of anilines is 1. The molecule has 0 amide bonds. The van der Waals surface area contributed by atoms with Crippen molar-refractivity contribution in [1.82, 2.24) is 9.88 Å². The molecule has 100 valence electrons. The molecule has 0 N–H and O–H groups in total. The first-order valence-electron chi connectivity index (χ1n) is 6.05. The SMILES string of the molecule is ClCCN1CCCN(c2ncc(Cl)cc2Br)CC1. The Morgan fingerprint density at radius 3 is 2.83 bits per heavy atom. The molecule has 2 heterocycles. The minimum absolute atomic E-state index is 0.657. The third kappa shape index (κ3) is 3.73. The molecule has 1 saturated heterocycles. The standard InChI is InChI=1S/C12H16BrCl2N3/c13-11-8-10(15)9-16-12(11)18-4-1-3-17(5-2-14)6-7-18/h8-9H,1-7H2. The van der Waals surface area contributed by atoms with Gasteiger partial charge in [-0.15, -0.1) is 11.6 Å². The van der Waals surface area contributed by atoms with Gasteiger partial charge in [-0.25, -0.2) is 4.98 Å². The lowest BCUT2D eigenvalue weighted by atomic mass is 10.3. The van der Waals surface area contributed by atoms with Crippen molar-refractivity contribution in [3.8, 4) is 0 Å². The van der Waals surface area contributed by atoms with E-state index in [1.807, 2.05) is 6.07 Å². The third-order valence-corrected chi connectivity index (χ3v) is 4.04. The van der Waals surface area contributed by atoms with Crippen LogP contribution in [0.2, 0.25) is 5.02 Å². The molecule has 18 heavy (non-hydrogen) atoms. The Labute approximate surface area is 126 Å². The van der Waals surface area contributed by atoms with Crippen LogP contribution in [0.1, 0.15) is 6.42 Å². The zero-order chi connectivity index (χ0) is 13.0. The van der Waals surface area contributed by atoms with Crippen LogP contribution in [0.5, 0.6) is 0 Å². The second kappa shape index (κ2) is 6.94. The minimum atomic E-state index is 0.657. The van der Waals surface area contributed by atoms with Crippen LogP contribution in [0, 0.1) is 0 Å². The molecule has 0 bridgehead atoms. The van der Waals surface area contributed by atoms with E-state index >= 15 is 0 Å². The number of aromatic nitrogens is 1. The van der Waals surface area contributed by atoms with Crippen LogP contribution in [0.15, 0.2) is 16.7 Å². The molecule has 0 unspecified atom stereocenters. The monoisotopic (exact) mass is 351 g/mol. The summed E-state index contributed by atoms with van der Waals surface area (Å²) in [6.07, 6.45) is 2.83. The topological polar surface area (TPSA) is 19.4 Å². The van der Waals surface area contributed by atoms with E-state index < -0.39 is 0 Å². The summed E-state index contributed by atoms with van der Waals surface area (Å²) in [4.78, 5) is 9.12. The first-order chi connectivity index (χ1) is 8.70. The van der Waals surface area contributed by atoms with Gasteiger partial charge in [-0.2, -0.15) is 0 Å². The predicted octanol–water partition coefficient (Wildman–Crippen LogP) is 3.25. The van der Waals surface area contributed by atoms with Crippen molar-refractivity contribution in [1.29, 1.82) is 0 Å². The van der Waals surface area contributed by atoms with E-state index in [1.54, 1.807) is 6.20 Å². The first kappa shape index (κ1) is 14.4. The van der Waals surface area contributed by atoms with Crippen molar-refractivity contribution >= 4 is 44.9 Å². The summed E-state index contributed by atoms with van der Waals surface area (Å²) in [6.45, 7) is 5.10. The van der Waals surface area contributed by atoms with Gasteiger partial charge in [-0.3, -0.25) is 0 Å². The van der Waals surface area contributed by atoms with Gasteiger partial charge in [0.2, 0.25) is 0 Å². The Balaban J connectivity index is 2.05. The van der Waals surface area contributed by atoms with Crippen LogP contribution in [0.3, 0.4) is 0 Å². The Hall–Kier alpha value is -0.0300. The molecule has 0 aliphatic carbocycles. The number of pyridine rings is 1. The average molecular weight is 353 g/mol. The van der Waals surface area contributed by atoms with Crippen LogP contribution >= 0.6 is 39.1 Å². The fourth-order valence-electron chi connectivity index (χ4n) is 2.17. The average Bonchev–Trinajstić information content (AvgIpc) is 2.55. The zero-order valence-corrected chi connectivity index (χ0v) is 13.2. The summed E-state index contributed by atoms with van der Waals surface area (Å²) in [5, 5.41) is 0.657. The molecule has 0 saturated carbocycles. The van der Waals surface area contributed by atoms with Gasteiger partial charge in [0.1, 0.15) is 5.82 Å². The highest BCUT2D eigenvalue weighted by atomic mass is 79.9. The lowest BCUT2D eigenvalue weighted by Crippen LogP contribution is -2.32. The smallest absolute Gasteiger partial charge is 0.143 e. The van der Waals surface area contributed by atoms with E-state index in [4.69, 9.17) is 23.2 Å². The number of nitrogens with zero attached hydrogens (tertiary/aromatic N) is 3. The van der Waals surface area contributed by atoms with E-state index in [1.165, 1.54) is 0 Å². The molecular formula is C12H16BrCl2N3. The van der Waals surface area contributed by atoms with Crippen molar-refractivity contribution in [2.75, 3.05) is 43.5 Å². The number of halogens is 3. The molecule has 6 heteroatoms. The van der Waals surface area contributed by atoms with Gasteiger partial charge in [0.15, 0.2) is 0 Å². The van der Waals surface area contributed by atoms with Gasteiger partial charge < -0.3 is 9.80 Å². The maximum absolute atomic E-state index is 5.92. The Morgan fingerprint density at radius 2 is 2.11 bits per heavy atom. The van der Waals surface area contributed by atoms with E-state index in [2.05, 4.69) is 30.7 Å². The Kier molecular flexibility index (Phi) is 5.55. The molecule has 0 atom stereocenters. The summed E-state index contributed by atoms with van der Waals surface area (Å²) in [5.41, 5.74) is 0. The van der Waals surface area contributed by atoms with Gasteiger partial charge >= 0.3 is 0 Å². The fraction of sp³-hybridized carbons (Fsp3) is 0.583. The second-order valence-electron chi connectivity index (χ2n) is 4.33. The second-order valence-corrected chi connectivity index (χ2v) is 6.00. The number of hydrogen-bond donors (Lipinski definition) is 0. The molecule has 1 aliphatic rings. The van der Waals surface area contributed by atoms with E-state index in [9.17, 15) is 0 Å².